The van der Waals surface area contributed by atoms with Gasteiger partial charge in [-0.3, -0.25) is 0 Å². The van der Waals surface area contributed by atoms with E-state index >= 15 is 0 Å². The van der Waals surface area contributed by atoms with Gasteiger partial charge in [0, 0.05) is 15.2 Å². The molecule has 0 atom stereocenters. The van der Waals surface area contributed by atoms with Crippen molar-refractivity contribution >= 4 is 50.5 Å². The molecule has 0 aromatic heterocycles. The number of benzene rings is 2. The highest BCUT2D eigenvalue weighted by molar-refractivity contribution is 9.10. The Morgan fingerprint density at radius 2 is 1.89 bits per heavy atom. The Bertz CT molecular complexity index is 635. The number of rotatable bonds is 2. The minimum Gasteiger partial charge on any atom is -0.354 e. The fourth-order valence-corrected chi connectivity index (χ4v) is 2.42. The maximum Gasteiger partial charge on any atom is 0.0992 e. The van der Waals surface area contributed by atoms with Crippen molar-refractivity contribution in [1.29, 1.82) is 5.26 Å². The van der Waals surface area contributed by atoms with Gasteiger partial charge in [0.2, 0.25) is 0 Å². The van der Waals surface area contributed by atoms with Gasteiger partial charge in [0.1, 0.15) is 0 Å². The van der Waals surface area contributed by atoms with E-state index in [4.69, 9.17) is 28.5 Å². The second-order valence-electron chi connectivity index (χ2n) is 3.59. The molecule has 0 spiro atoms. The molecule has 0 saturated heterocycles. The predicted molar refractivity (Wildman–Crippen MR) is 78.6 cm³/mol. The number of nitrogens with one attached hydrogen (secondary N) is 1. The predicted octanol–water partition coefficient (Wildman–Crippen LogP) is 5.37. The van der Waals surface area contributed by atoms with Gasteiger partial charge in [-0.2, -0.15) is 5.26 Å². The molecule has 0 aliphatic heterocycles. The Morgan fingerprint density at radius 3 is 2.56 bits per heavy atom. The number of hydrogen-bond acceptors (Lipinski definition) is 2. The Labute approximate surface area is 123 Å². The van der Waals surface area contributed by atoms with Crippen LogP contribution in [0.5, 0.6) is 0 Å². The molecule has 0 fully saturated rings. The van der Waals surface area contributed by atoms with Crippen LogP contribution in [0.2, 0.25) is 10.0 Å². The largest absolute Gasteiger partial charge is 0.354 e. The van der Waals surface area contributed by atoms with Crippen LogP contribution in [0.4, 0.5) is 11.4 Å². The summed E-state index contributed by atoms with van der Waals surface area (Å²) in [4.78, 5) is 0. The van der Waals surface area contributed by atoms with E-state index in [1.165, 1.54) is 0 Å². The molecule has 2 aromatic carbocycles. The summed E-state index contributed by atoms with van der Waals surface area (Å²) >= 11 is 15.3. The third-order valence-corrected chi connectivity index (χ3v) is 3.24. The van der Waals surface area contributed by atoms with E-state index in [1.807, 2.05) is 6.07 Å². The second-order valence-corrected chi connectivity index (χ2v) is 5.35. The topological polar surface area (TPSA) is 35.8 Å². The molecule has 0 aliphatic carbocycles. The van der Waals surface area contributed by atoms with E-state index in [1.54, 1.807) is 30.3 Å². The standard InChI is InChI=1S/C13H7BrCl2N2/c14-9-3-8(7-17)4-11(5-9)18-13-2-1-10(15)6-12(13)16/h1-6,18H. The number of nitrogens with zero attached hydrogens (tertiary/aromatic N) is 1. The molecule has 2 rings (SSSR count). The Balaban J connectivity index is 2.34. The van der Waals surface area contributed by atoms with Gasteiger partial charge in [0.25, 0.3) is 0 Å². The lowest BCUT2D eigenvalue weighted by Crippen LogP contribution is -1.92. The molecule has 0 unspecified atom stereocenters. The molecule has 90 valence electrons. The fraction of sp³-hybridized carbons (Fsp3) is 0. The molecule has 5 heteroatoms. The molecule has 18 heavy (non-hydrogen) atoms. The monoisotopic (exact) mass is 340 g/mol. The number of anilines is 2. The molecular formula is C13H7BrCl2N2. The van der Waals surface area contributed by atoms with Gasteiger partial charge >= 0.3 is 0 Å². The number of nitriles is 1. The van der Waals surface area contributed by atoms with Crippen molar-refractivity contribution in [1.82, 2.24) is 0 Å². The van der Waals surface area contributed by atoms with E-state index in [9.17, 15) is 0 Å². The Hall–Kier alpha value is -1.21. The molecule has 0 bridgehead atoms. The zero-order valence-corrected chi connectivity index (χ0v) is 12.1. The van der Waals surface area contributed by atoms with Crippen LogP contribution in [0.1, 0.15) is 5.56 Å². The molecule has 0 heterocycles. The number of halogens is 3. The van der Waals surface area contributed by atoms with Crippen molar-refractivity contribution in [2.75, 3.05) is 5.32 Å². The molecule has 0 saturated carbocycles. The highest BCUT2D eigenvalue weighted by Gasteiger charge is 2.03. The summed E-state index contributed by atoms with van der Waals surface area (Å²) in [5, 5.41) is 13.2. The quantitative estimate of drug-likeness (QED) is 0.796. The van der Waals surface area contributed by atoms with Crippen LogP contribution in [0.15, 0.2) is 40.9 Å². The minimum absolute atomic E-state index is 0.529. The van der Waals surface area contributed by atoms with Gasteiger partial charge in [-0.15, -0.1) is 0 Å². The number of hydrogen-bond donors (Lipinski definition) is 1. The molecular weight excluding hydrogens is 335 g/mol. The third-order valence-electron chi connectivity index (χ3n) is 2.24. The lowest BCUT2D eigenvalue weighted by molar-refractivity contribution is 1.46. The third kappa shape index (κ3) is 3.17. The first-order chi connectivity index (χ1) is 8.58. The summed E-state index contributed by atoms with van der Waals surface area (Å²) in [5.74, 6) is 0. The average Bonchev–Trinajstić information content (AvgIpc) is 2.32. The van der Waals surface area contributed by atoms with Crippen molar-refractivity contribution < 1.29 is 0 Å². The van der Waals surface area contributed by atoms with Crippen LogP contribution >= 0.6 is 39.1 Å². The summed E-state index contributed by atoms with van der Waals surface area (Å²) in [6, 6.07) is 12.7. The van der Waals surface area contributed by atoms with Crippen LogP contribution in [-0.4, -0.2) is 0 Å². The molecule has 1 N–H and O–H groups in total. The first kappa shape index (κ1) is 13.2. The van der Waals surface area contributed by atoms with E-state index in [0.717, 1.165) is 15.8 Å². The molecule has 0 aliphatic rings. The minimum atomic E-state index is 0.529. The highest BCUT2D eigenvalue weighted by Crippen LogP contribution is 2.29. The fourth-order valence-electron chi connectivity index (χ4n) is 1.47. The Kier molecular flexibility index (Phi) is 4.13. The first-order valence-corrected chi connectivity index (χ1v) is 6.56. The summed E-state index contributed by atoms with van der Waals surface area (Å²) in [5.41, 5.74) is 2.09. The molecule has 2 nitrogen and oxygen atoms in total. The van der Waals surface area contributed by atoms with Crippen molar-refractivity contribution in [2.45, 2.75) is 0 Å². The maximum absolute atomic E-state index is 8.90. The van der Waals surface area contributed by atoms with Crippen LogP contribution in [0.3, 0.4) is 0 Å². The van der Waals surface area contributed by atoms with Gasteiger partial charge in [-0.05, 0) is 36.4 Å². The lowest BCUT2D eigenvalue weighted by Gasteiger charge is -2.09. The molecule has 2 aromatic rings. The van der Waals surface area contributed by atoms with Crippen molar-refractivity contribution in [3.63, 3.8) is 0 Å². The first-order valence-electron chi connectivity index (χ1n) is 5.01. The normalized spacial score (nSPS) is 9.89. The van der Waals surface area contributed by atoms with Crippen LogP contribution in [0.25, 0.3) is 0 Å². The summed E-state index contributed by atoms with van der Waals surface area (Å²) in [6.45, 7) is 0. The van der Waals surface area contributed by atoms with Gasteiger partial charge in [-0.25, -0.2) is 0 Å². The van der Waals surface area contributed by atoms with Gasteiger partial charge in [-0.1, -0.05) is 39.1 Å². The smallest absolute Gasteiger partial charge is 0.0992 e. The second kappa shape index (κ2) is 5.62. The zero-order chi connectivity index (χ0) is 13.1. The van der Waals surface area contributed by atoms with E-state index in [2.05, 4.69) is 27.3 Å². The molecule has 0 radical (unpaired) electrons. The average molecular weight is 342 g/mol. The van der Waals surface area contributed by atoms with E-state index < -0.39 is 0 Å². The lowest BCUT2D eigenvalue weighted by atomic mass is 10.2. The van der Waals surface area contributed by atoms with Crippen molar-refractivity contribution in [3.05, 3.63) is 56.5 Å². The zero-order valence-electron chi connectivity index (χ0n) is 9.05. The van der Waals surface area contributed by atoms with Crippen molar-refractivity contribution in [3.8, 4) is 6.07 Å². The van der Waals surface area contributed by atoms with Gasteiger partial charge in [0.15, 0.2) is 0 Å². The summed E-state index contributed by atoms with van der Waals surface area (Å²) in [7, 11) is 0. The van der Waals surface area contributed by atoms with Crippen LogP contribution in [-0.2, 0) is 0 Å². The summed E-state index contributed by atoms with van der Waals surface area (Å²) < 4.78 is 0.828. The van der Waals surface area contributed by atoms with E-state index in [0.29, 0.717) is 15.6 Å². The van der Waals surface area contributed by atoms with Crippen LogP contribution in [0, 0.1) is 11.3 Å². The maximum atomic E-state index is 8.90. The van der Waals surface area contributed by atoms with Crippen molar-refractivity contribution in [2.24, 2.45) is 0 Å². The van der Waals surface area contributed by atoms with Crippen LogP contribution < -0.4 is 5.32 Å². The van der Waals surface area contributed by atoms with E-state index in [-0.39, 0.29) is 0 Å². The summed E-state index contributed by atoms with van der Waals surface area (Å²) in [6.07, 6.45) is 0. The molecule has 0 amide bonds. The Morgan fingerprint density at radius 1 is 1.11 bits per heavy atom. The highest BCUT2D eigenvalue weighted by atomic mass is 79.9. The SMILES string of the molecule is N#Cc1cc(Br)cc(Nc2ccc(Cl)cc2Cl)c1. The van der Waals surface area contributed by atoms with Gasteiger partial charge in [0.05, 0.1) is 22.3 Å². The van der Waals surface area contributed by atoms with Gasteiger partial charge < -0.3 is 5.32 Å².